The Hall–Kier alpha value is -2.77. The van der Waals surface area contributed by atoms with Gasteiger partial charge in [-0.15, -0.1) is 0 Å². The third-order valence-electron chi connectivity index (χ3n) is 7.53. The second kappa shape index (κ2) is 9.03. The molecule has 5 rings (SSSR count). The molecule has 1 saturated carbocycles. The van der Waals surface area contributed by atoms with Crippen LogP contribution in [0.1, 0.15) is 70.5 Å². The molecule has 1 aromatic carbocycles. The Labute approximate surface area is 208 Å². The number of amides is 2. The van der Waals surface area contributed by atoms with Gasteiger partial charge in [-0.1, -0.05) is 32.9 Å². The molecular formula is C28H38N5O2+. The third-order valence-corrected chi connectivity index (χ3v) is 7.53. The van der Waals surface area contributed by atoms with E-state index < -0.39 is 11.7 Å². The monoisotopic (exact) mass is 476 g/mol. The number of fused-ring (bicyclic) bond motifs is 2. The molecule has 2 amide bonds. The Morgan fingerprint density at radius 2 is 1.91 bits per heavy atom. The van der Waals surface area contributed by atoms with Crippen molar-refractivity contribution < 1.29 is 14.2 Å². The number of hydrogen-bond donors (Lipinski definition) is 3. The third kappa shape index (κ3) is 4.84. The van der Waals surface area contributed by atoms with E-state index in [9.17, 15) is 9.59 Å². The summed E-state index contributed by atoms with van der Waals surface area (Å²) in [4.78, 5) is 29.6. The van der Waals surface area contributed by atoms with Crippen molar-refractivity contribution in [3.8, 4) is 0 Å². The standard InChI is InChI=1S/C28H37N5O2/c1-27(2,3)20-9-13-22(14-10-20)33(26(35)23-8-5-15-29-23)24-19-7-6-16-32(17-19)28(4,31-25(24)34)18-30-21-11-12-21/h6-7,9-10,13-14,16-17,21,23-24,29-30H,5,8,11-12,15,18H2,1-4H3/p+1. The number of carbonyl (C=O) groups excluding carboxylic acids is 2. The molecule has 2 aliphatic heterocycles. The van der Waals surface area contributed by atoms with Crippen molar-refractivity contribution in [3.63, 3.8) is 0 Å². The lowest BCUT2D eigenvalue weighted by Gasteiger charge is -2.33. The molecule has 2 bridgehead atoms. The van der Waals surface area contributed by atoms with Gasteiger partial charge in [0.25, 0.3) is 11.6 Å². The smallest absolute Gasteiger partial charge is 0.253 e. The van der Waals surface area contributed by atoms with Gasteiger partial charge >= 0.3 is 0 Å². The number of aromatic nitrogens is 1. The molecule has 1 aliphatic carbocycles. The average molecular weight is 477 g/mol. The van der Waals surface area contributed by atoms with Crippen LogP contribution in [0.5, 0.6) is 0 Å². The van der Waals surface area contributed by atoms with E-state index in [4.69, 9.17) is 0 Å². The molecule has 3 N–H and O–H groups in total. The number of benzene rings is 1. The number of pyridine rings is 1. The maximum Gasteiger partial charge on any atom is 0.253 e. The predicted octanol–water partition coefficient (Wildman–Crippen LogP) is 2.65. The van der Waals surface area contributed by atoms with Crippen LogP contribution in [0.4, 0.5) is 5.69 Å². The summed E-state index contributed by atoms with van der Waals surface area (Å²) in [5.41, 5.74) is 2.12. The first-order chi connectivity index (χ1) is 16.7. The molecule has 2 fully saturated rings. The number of anilines is 1. The summed E-state index contributed by atoms with van der Waals surface area (Å²) < 4.78 is 2.06. The van der Waals surface area contributed by atoms with Gasteiger partial charge in [-0.2, -0.15) is 4.57 Å². The molecule has 3 heterocycles. The van der Waals surface area contributed by atoms with Gasteiger partial charge in [-0.25, -0.2) is 0 Å². The minimum atomic E-state index is -0.749. The van der Waals surface area contributed by atoms with E-state index in [-0.39, 0.29) is 23.3 Å². The van der Waals surface area contributed by atoms with E-state index in [0.717, 1.165) is 30.6 Å². The van der Waals surface area contributed by atoms with E-state index >= 15 is 0 Å². The molecular weight excluding hydrogens is 438 g/mol. The highest BCUT2D eigenvalue weighted by Gasteiger charge is 2.46. The van der Waals surface area contributed by atoms with E-state index in [1.165, 1.54) is 18.4 Å². The summed E-state index contributed by atoms with van der Waals surface area (Å²) in [6.07, 6.45) is 8.10. The van der Waals surface area contributed by atoms with Crippen molar-refractivity contribution >= 4 is 17.5 Å². The van der Waals surface area contributed by atoms with Crippen LogP contribution in [-0.2, 0) is 20.7 Å². The zero-order chi connectivity index (χ0) is 24.8. The highest BCUT2D eigenvalue weighted by molar-refractivity contribution is 6.04. The number of nitrogens with one attached hydrogen (secondary N) is 3. The Kier molecular flexibility index (Phi) is 6.18. The first-order valence-corrected chi connectivity index (χ1v) is 12.9. The van der Waals surface area contributed by atoms with E-state index in [2.05, 4.69) is 53.4 Å². The highest BCUT2D eigenvalue weighted by atomic mass is 16.2. The molecule has 0 radical (unpaired) electrons. The summed E-state index contributed by atoms with van der Waals surface area (Å²) in [6, 6.07) is 11.5. The van der Waals surface area contributed by atoms with E-state index in [1.54, 1.807) is 4.90 Å². The van der Waals surface area contributed by atoms with Crippen LogP contribution in [0.2, 0.25) is 0 Å². The molecule has 3 atom stereocenters. The number of rotatable bonds is 6. The second-order valence-corrected chi connectivity index (χ2v) is 11.5. The van der Waals surface area contributed by atoms with Gasteiger partial charge in [-0.05, 0) is 61.4 Å². The van der Waals surface area contributed by atoms with Crippen molar-refractivity contribution in [2.24, 2.45) is 0 Å². The van der Waals surface area contributed by atoms with Crippen LogP contribution in [0.3, 0.4) is 0 Å². The molecule has 3 aliphatic rings. The number of hydrogen-bond acceptors (Lipinski definition) is 4. The van der Waals surface area contributed by atoms with Gasteiger partial charge in [0.1, 0.15) is 6.04 Å². The van der Waals surface area contributed by atoms with Crippen molar-refractivity contribution in [1.29, 1.82) is 0 Å². The molecule has 1 aromatic heterocycles. The van der Waals surface area contributed by atoms with Crippen LogP contribution in [0.25, 0.3) is 0 Å². The summed E-state index contributed by atoms with van der Waals surface area (Å²) in [6.45, 7) is 10.0. The summed E-state index contributed by atoms with van der Waals surface area (Å²) in [5.74, 6) is -0.216. The fourth-order valence-electron chi connectivity index (χ4n) is 5.13. The van der Waals surface area contributed by atoms with Gasteiger partial charge in [0.2, 0.25) is 5.91 Å². The lowest BCUT2D eigenvalue weighted by atomic mass is 9.87. The number of nitrogens with zero attached hydrogens (tertiary/aromatic N) is 2. The molecule has 35 heavy (non-hydrogen) atoms. The Morgan fingerprint density at radius 1 is 1.17 bits per heavy atom. The quantitative estimate of drug-likeness (QED) is 0.561. The van der Waals surface area contributed by atoms with Gasteiger partial charge in [0.15, 0.2) is 12.4 Å². The Balaban J connectivity index is 1.54. The van der Waals surface area contributed by atoms with Crippen molar-refractivity contribution in [1.82, 2.24) is 16.0 Å². The summed E-state index contributed by atoms with van der Waals surface area (Å²) in [7, 11) is 0. The van der Waals surface area contributed by atoms with Crippen LogP contribution in [0.15, 0.2) is 48.8 Å². The van der Waals surface area contributed by atoms with Gasteiger partial charge < -0.3 is 10.6 Å². The predicted molar refractivity (Wildman–Crippen MR) is 136 cm³/mol. The second-order valence-electron chi connectivity index (χ2n) is 11.5. The molecule has 7 heteroatoms. The summed E-state index contributed by atoms with van der Waals surface area (Å²) >= 11 is 0. The maximum absolute atomic E-state index is 13.9. The van der Waals surface area contributed by atoms with Crippen LogP contribution >= 0.6 is 0 Å². The minimum Gasteiger partial charge on any atom is -0.306 e. The lowest BCUT2D eigenvalue weighted by molar-refractivity contribution is -0.763. The van der Waals surface area contributed by atoms with E-state index in [1.807, 2.05) is 43.6 Å². The largest absolute Gasteiger partial charge is 0.306 e. The molecule has 2 aromatic rings. The fourth-order valence-corrected chi connectivity index (χ4v) is 5.13. The van der Waals surface area contributed by atoms with Crippen LogP contribution < -0.4 is 25.4 Å². The zero-order valence-electron chi connectivity index (χ0n) is 21.3. The molecule has 7 nitrogen and oxygen atoms in total. The maximum atomic E-state index is 13.9. The van der Waals surface area contributed by atoms with Crippen molar-refractivity contribution in [2.45, 2.75) is 82.6 Å². The minimum absolute atomic E-state index is 0.00140. The molecule has 0 spiro atoms. The molecule has 3 unspecified atom stereocenters. The first kappa shape index (κ1) is 23.9. The van der Waals surface area contributed by atoms with Crippen LogP contribution in [-0.4, -0.2) is 37.0 Å². The van der Waals surface area contributed by atoms with Gasteiger partial charge in [0.05, 0.1) is 12.6 Å². The van der Waals surface area contributed by atoms with E-state index in [0.29, 0.717) is 12.6 Å². The topological polar surface area (TPSA) is 77.3 Å². The average Bonchev–Trinajstić information content (AvgIpc) is 3.51. The van der Waals surface area contributed by atoms with Crippen molar-refractivity contribution in [2.75, 3.05) is 18.0 Å². The normalized spacial score (nSPS) is 26.2. The van der Waals surface area contributed by atoms with Crippen molar-refractivity contribution in [3.05, 3.63) is 59.9 Å². The molecule has 1 saturated heterocycles. The number of carbonyl (C=O) groups is 2. The summed E-state index contributed by atoms with van der Waals surface area (Å²) in [5, 5.41) is 10.2. The molecule has 186 valence electrons. The first-order valence-electron chi connectivity index (χ1n) is 12.9. The SMILES string of the molecule is CC(C)(C)c1ccc(N(C(=O)C2CCCN2)C2C(=O)NC(C)(CNC3CC3)[n+]3cccc2c3)cc1. The highest BCUT2D eigenvalue weighted by Crippen LogP contribution is 2.33. The van der Waals surface area contributed by atoms with Crippen LogP contribution in [0, 0.1) is 0 Å². The Morgan fingerprint density at radius 3 is 2.54 bits per heavy atom. The Bertz CT molecular complexity index is 1100. The van der Waals surface area contributed by atoms with Gasteiger partial charge in [0, 0.05) is 30.3 Å². The zero-order valence-corrected chi connectivity index (χ0v) is 21.3. The van der Waals surface area contributed by atoms with Gasteiger partial charge in [-0.3, -0.25) is 19.8 Å². The fraction of sp³-hybridized carbons (Fsp3) is 0.536. The lowest BCUT2D eigenvalue weighted by Crippen LogP contribution is -2.68.